The van der Waals surface area contributed by atoms with Crippen LogP contribution in [0.15, 0.2) is 75.0 Å². The van der Waals surface area contributed by atoms with E-state index in [-0.39, 0.29) is 35.8 Å². The van der Waals surface area contributed by atoms with Gasteiger partial charge in [-0.15, -0.1) is 0 Å². The van der Waals surface area contributed by atoms with E-state index in [2.05, 4.69) is 21.8 Å². The molecule has 0 fully saturated rings. The Balaban J connectivity index is 1.32. The van der Waals surface area contributed by atoms with E-state index in [0.717, 1.165) is 18.7 Å². The van der Waals surface area contributed by atoms with E-state index < -0.39 is 10.0 Å². The van der Waals surface area contributed by atoms with Crippen molar-refractivity contribution in [1.82, 2.24) is 9.62 Å². The van der Waals surface area contributed by atoms with Crippen molar-refractivity contribution in [3.8, 4) is 5.75 Å². The molecule has 33 heavy (non-hydrogen) atoms. The van der Waals surface area contributed by atoms with Crippen molar-refractivity contribution in [3.05, 3.63) is 93.5 Å². The summed E-state index contributed by atoms with van der Waals surface area (Å²) >= 11 is 0. The van der Waals surface area contributed by atoms with Gasteiger partial charge < -0.3 is 13.9 Å². The maximum atomic E-state index is 12.5. The van der Waals surface area contributed by atoms with Crippen LogP contribution in [-0.2, 0) is 41.0 Å². The van der Waals surface area contributed by atoms with Gasteiger partial charge in [-0.3, -0.25) is 9.69 Å². The van der Waals surface area contributed by atoms with Gasteiger partial charge in [0.25, 0.3) is 0 Å². The summed E-state index contributed by atoms with van der Waals surface area (Å²) in [7, 11) is -2.09. The van der Waals surface area contributed by atoms with Crippen LogP contribution in [-0.4, -0.2) is 33.6 Å². The zero-order valence-corrected chi connectivity index (χ0v) is 19.1. The highest BCUT2D eigenvalue weighted by Crippen LogP contribution is 2.24. The van der Waals surface area contributed by atoms with Crippen LogP contribution in [0.1, 0.15) is 22.5 Å². The van der Waals surface area contributed by atoms with E-state index in [1.54, 1.807) is 12.1 Å². The van der Waals surface area contributed by atoms with Gasteiger partial charge in [0, 0.05) is 32.8 Å². The summed E-state index contributed by atoms with van der Waals surface area (Å²) in [4.78, 5) is 14.8. The third-order valence-electron chi connectivity index (χ3n) is 5.36. The topological polar surface area (TPSA) is 98.1 Å². The second-order valence-corrected chi connectivity index (χ2v) is 9.58. The summed E-state index contributed by atoms with van der Waals surface area (Å²) in [5.74, 6) is 0.692. The Labute approximate surface area is 192 Å². The van der Waals surface area contributed by atoms with Crippen LogP contribution in [0.25, 0.3) is 0 Å². The highest BCUT2D eigenvalue weighted by atomic mass is 32.2. The number of hydrogen-bond donors (Lipinski definition) is 1. The molecule has 9 heteroatoms. The first-order valence-corrected chi connectivity index (χ1v) is 12.0. The Bertz CT molecular complexity index is 1230. The van der Waals surface area contributed by atoms with Gasteiger partial charge in [0.2, 0.25) is 21.2 Å². The molecule has 3 aromatic rings. The van der Waals surface area contributed by atoms with Crippen LogP contribution in [0.4, 0.5) is 0 Å². The number of hydrogen-bond acceptors (Lipinski definition) is 7. The van der Waals surface area contributed by atoms with Crippen molar-refractivity contribution < 1.29 is 22.3 Å². The predicted molar refractivity (Wildman–Crippen MR) is 122 cm³/mol. The molecule has 0 aliphatic carbocycles. The van der Waals surface area contributed by atoms with Crippen LogP contribution in [0.3, 0.4) is 0 Å². The zero-order valence-electron chi connectivity index (χ0n) is 18.3. The van der Waals surface area contributed by atoms with Crippen LogP contribution < -0.4 is 14.9 Å². The van der Waals surface area contributed by atoms with Crippen molar-refractivity contribution in [2.24, 2.45) is 0 Å². The third kappa shape index (κ3) is 5.88. The molecule has 0 atom stereocenters. The Morgan fingerprint density at radius 2 is 1.76 bits per heavy atom. The van der Waals surface area contributed by atoms with Gasteiger partial charge in [-0.25, -0.2) is 13.1 Å². The van der Waals surface area contributed by atoms with Crippen molar-refractivity contribution in [2.75, 3.05) is 20.3 Å². The normalized spacial score (nSPS) is 13.7. The van der Waals surface area contributed by atoms with Gasteiger partial charge in [0.05, 0.1) is 18.0 Å². The summed E-state index contributed by atoms with van der Waals surface area (Å²) < 4.78 is 43.0. The maximum absolute atomic E-state index is 12.5. The minimum absolute atomic E-state index is 0.112. The molecular formula is C24H26N2O6S. The van der Waals surface area contributed by atoms with Crippen molar-refractivity contribution in [1.29, 1.82) is 0 Å². The monoisotopic (exact) mass is 470 g/mol. The lowest BCUT2D eigenvalue weighted by Gasteiger charge is -2.14. The van der Waals surface area contributed by atoms with Gasteiger partial charge in [-0.05, 0) is 28.8 Å². The Hall–Kier alpha value is -2.98. The highest BCUT2D eigenvalue weighted by Gasteiger charge is 2.19. The molecule has 0 unspecified atom stereocenters. The summed E-state index contributed by atoms with van der Waals surface area (Å²) in [5, 5.41) is 0. The van der Waals surface area contributed by atoms with E-state index in [1.807, 2.05) is 12.1 Å². The van der Waals surface area contributed by atoms with Gasteiger partial charge in [0.1, 0.15) is 18.6 Å². The molecule has 4 rings (SSSR count). The third-order valence-corrected chi connectivity index (χ3v) is 6.84. The summed E-state index contributed by atoms with van der Waals surface area (Å²) in [6, 6.07) is 16.0. The van der Waals surface area contributed by atoms with Crippen LogP contribution >= 0.6 is 0 Å². The molecule has 0 saturated carbocycles. The smallest absolute Gasteiger partial charge is 0.240 e. The fraction of sp³-hybridized carbons (Fsp3) is 0.292. The SMILES string of the molecule is COCCNS(=O)(=O)c1ccc(COc2coc(CN3Cc4ccccc4C3)cc2=O)cc1. The number of ether oxygens (including phenoxy) is 2. The van der Waals surface area contributed by atoms with Crippen molar-refractivity contribution >= 4 is 10.0 Å². The van der Waals surface area contributed by atoms with Crippen molar-refractivity contribution in [3.63, 3.8) is 0 Å². The van der Waals surface area contributed by atoms with Gasteiger partial charge >= 0.3 is 0 Å². The van der Waals surface area contributed by atoms with Crippen LogP contribution in [0.5, 0.6) is 5.75 Å². The molecule has 0 bridgehead atoms. The first-order valence-electron chi connectivity index (χ1n) is 10.6. The quantitative estimate of drug-likeness (QED) is 0.455. The fourth-order valence-electron chi connectivity index (χ4n) is 3.65. The molecule has 0 amide bonds. The molecule has 0 radical (unpaired) electrons. The lowest BCUT2D eigenvalue weighted by molar-refractivity contribution is 0.204. The van der Waals surface area contributed by atoms with E-state index in [4.69, 9.17) is 13.9 Å². The predicted octanol–water partition coefficient (Wildman–Crippen LogP) is 2.66. The number of nitrogens with zero attached hydrogens (tertiary/aromatic N) is 1. The highest BCUT2D eigenvalue weighted by molar-refractivity contribution is 7.89. The number of rotatable bonds is 10. The second-order valence-electron chi connectivity index (χ2n) is 7.81. The summed E-state index contributed by atoms with van der Waals surface area (Å²) in [5.41, 5.74) is 3.06. The zero-order chi connectivity index (χ0) is 23.3. The van der Waals surface area contributed by atoms with Crippen LogP contribution in [0.2, 0.25) is 0 Å². The number of fused-ring (bicyclic) bond motifs is 1. The maximum Gasteiger partial charge on any atom is 0.240 e. The molecule has 1 aromatic heterocycles. The molecule has 1 aliphatic rings. The first kappa shape index (κ1) is 23.2. The number of nitrogens with one attached hydrogen (secondary N) is 1. The fourth-order valence-corrected chi connectivity index (χ4v) is 4.66. The molecule has 0 saturated heterocycles. The van der Waals surface area contributed by atoms with E-state index in [9.17, 15) is 13.2 Å². The number of methoxy groups -OCH3 is 1. The van der Waals surface area contributed by atoms with Crippen LogP contribution in [0, 0.1) is 0 Å². The Kier molecular flexibility index (Phi) is 7.24. The van der Waals surface area contributed by atoms with Gasteiger partial charge in [-0.2, -0.15) is 0 Å². The minimum Gasteiger partial charge on any atom is -0.482 e. The molecule has 1 N–H and O–H groups in total. The molecule has 174 valence electrons. The molecule has 2 heterocycles. The Morgan fingerprint density at radius 3 is 2.39 bits per heavy atom. The average Bonchev–Trinajstić information content (AvgIpc) is 3.21. The van der Waals surface area contributed by atoms with E-state index in [0.29, 0.717) is 12.3 Å². The average molecular weight is 471 g/mol. The summed E-state index contributed by atoms with van der Waals surface area (Å²) in [6.45, 7) is 2.79. The van der Waals surface area contributed by atoms with E-state index in [1.165, 1.54) is 42.7 Å². The molecule has 8 nitrogen and oxygen atoms in total. The second kappa shape index (κ2) is 10.3. The lowest BCUT2D eigenvalue weighted by atomic mass is 10.1. The Morgan fingerprint density at radius 1 is 1.06 bits per heavy atom. The van der Waals surface area contributed by atoms with E-state index >= 15 is 0 Å². The van der Waals surface area contributed by atoms with Gasteiger partial charge in [0.15, 0.2) is 0 Å². The molecule has 1 aliphatic heterocycles. The van der Waals surface area contributed by atoms with Crippen molar-refractivity contribution in [2.45, 2.75) is 31.1 Å². The summed E-state index contributed by atoms with van der Waals surface area (Å²) in [6.07, 6.45) is 1.33. The molecule has 0 spiro atoms. The minimum atomic E-state index is -3.60. The lowest BCUT2D eigenvalue weighted by Crippen LogP contribution is -2.27. The largest absolute Gasteiger partial charge is 0.482 e. The standard InChI is InChI=1S/C24H26N2O6S/c1-30-11-10-25-33(28,29)22-8-6-18(7-9-22)16-32-24-17-31-21(12-23(24)27)15-26-13-19-4-2-3-5-20(19)14-26/h2-9,12,17,25H,10-11,13-16H2,1H3. The first-order chi connectivity index (χ1) is 15.9. The molecular weight excluding hydrogens is 444 g/mol. The van der Waals surface area contributed by atoms with Gasteiger partial charge in [-0.1, -0.05) is 36.4 Å². The molecule has 2 aromatic carbocycles. The number of sulfonamides is 1. The number of benzene rings is 2.